The minimum absolute atomic E-state index is 0.424. The molecule has 1 atom stereocenters. The summed E-state index contributed by atoms with van der Waals surface area (Å²) in [6, 6.07) is 8.76. The van der Waals surface area contributed by atoms with Gasteiger partial charge >= 0.3 is 0 Å². The minimum atomic E-state index is 0.424. The van der Waals surface area contributed by atoms with Gasteiger partial charge in [0.2, 0.25) is 0 Å². The molecule has 74 valence electrons. The molecule has 0 N–H and O–H groups in total. The van der Waals surface area contributed by atoms with E-state index >= 15 is 0 Å². The van der Waals surface area contributed by atoms with Gasteiger partial charge in [-0.25, -0.2) is 0 Å². The Morgan fingerprint density at radius 2 is 2.14 bits per heavy atom. The van der Waals surface area contributed by atoms with Crippen LogP contribution in [0.15, 0.2) is 33.7 Å². The molecule has 1 aromatic carbocycles. The molecule has 1 unspecified atom stereocenters. The van der Waals surface area contributed by atoms with Crippen molar-refractivity contribution in [3.8, 4) is 0 Å². The Morgan fingerprint density at radius 1 is 1.36 bits per heavy atom. The molecule has 4 heteroatoms. The third-order valence-corrected chi connectivity index (χ3v) is 4.65. The van der Waals surface area contributed by atoms with E-state index < -0.39 is 0 Å². The van der Waals surface area contributed by atoms with Crippen LogP contribution < -0.4 is 0 Å². The Balaban J connectivity index is 2.08. The van der Waals surface area contributed by atoms with Gasteiger partial charge in [-0.2, -0.15) is 0 Å². The first kappa shape index (κ1) is 10.7. The molecule has 14 heavy (non-hydrogen) atoms. The first-order valence-corrected chi connectivity index (χ1v) is 6.92. The molecule has 0 saturated heterocycles. The Hall–Kier alpha value is 0.200. The Bertz CT molecular complexity index is 365. The zero-order chi connectivity index (χ0) is 9.97. The highest BCUT2D eigenvalue weighted by Gasteiger charge is 2.17. The van der Waals surface area contributed by atoms with E-state index in [0.29, 0.717) is 6.04 Å². The maximum atomic E-state index is 4.50. The SMILES string of the molecule is BrC1=NC(Cc2ccccc2Br)CS1. The van der Waals surface area contributed by atoms with Crippen molar-refractivity contribution in [2.75, 3.05) is 5.75 Å². The molecule has 0 fully saturated rings. The van der Waals surface area contributed by atoms with Crippen LogP contribution in [0.5, 0.6) is 0 Å². The molecule has 1 aromatic rings. The molecule has 0 bridgehead atoms. The van der Waals surface area contributed by atoms with Crippen LogP contribution in [-0.2, 0) is 6.42 Å². The van der Waals surface area contributed by atoms with Gasteiger partial charge in [-0.1, -0.05) is 45.9 Å². The van der Waals surface area contributed by atoms with E-state index in [2.05, 4.69) is 55.1 Å². The van der Waals surface area contributed by atoms with E-state index in [4.69, 9.17) is 0 Å². The van der Waals surface area contributed by atoms with Gasteiger partial charge in [-0.05, 0) is 34.0 Å². The highest BCUT2D eigenvalue weighted by molar-refractivity contribution is 9.22. The third-order valence-electron chi connectivity index (χ3n) is 2.09. The Kier molecular flexibility index (Phi) is 3.68. The van der Waals surface area contributed by atoms with Crippen LogP contribution in [0.25, 0.3) is 0 Å². The van der Waals surface area contributed by atoms with Crippen molar-refractivity contribution in [3.05, 3.63) is 34.3 Å². The lowest BCUT2D eigenvalue weighted by molar-refractivity contribution is 0.762. The molecule has 1 heterocycles. The van der Waals surface area contributed by atoms with E-state index in [1.54, 1.807) is 11.8 Å². The second kappa shape index (κ2) is 4.81. The van der Waals surface area contributed by atoms with E-state index in [9.17, 15) is 0 Å². The molecular formula is C10H9Br2NS. The number of aliphatic imine (C=N–C) groups is 1. The lowest BCUT2D eigenvalue weighted by Gasteiger charge is -2.07. The predicted octanol–water partition coefficient (Wildman–Crippen LogP) is 3.86. The van der Waals surface area contributed by atoms with Gasteiger partial charge < -0.3 is 0 Å². The fraction of sp³-hybridized carbons (Fsp3) is 0.300. The Labute approximate surface area is 105 Å². The van der Waals surface area contributed by atoms with Crippen molar-refractivity contribution < 1.29 is 0 Å². The average Bonchev–Trinajstić information content (AvgIpc) is 2.56. The number of benzene rings is 1. The molecule has 1 nitrogen and oxygen atoms in total. The van der Waals surface area contributed by atoms with Crippen LogP contribution in [0.1, 0.15) is 5.56 Å². The van der Waals surface area contributed by atoms with Crippen LogP contribution in [0, 0.1) is 0 Å². The lowest BCUT2D eigenvalue weighted by Crippen LogP contribution is -2.08. The first-order valence-electron chi connectivity index (χ1n) is 4.35. The molecule has 1 aliphatic rings. The molecule has 0 spiro atoms. The zero-order valence-electron chi connectivity index (χ0n) is 7.41. The van der Waals surface area contributed by atoms with Crippen molar-refractivity contribution >= 4 is 47.6 Å². The highest BCUT2D eigenvalue weighted by Crippen LogP contribution is 2.26. The minimum Gasteiger partial charge on any atom is -0.267 e. The maximum Gasteiger partial charge on any atom is 0.134 e. The van der Waals surface area contributed by atoms with E-state index in [0.717, 1.165) is 16.1 Å². The quantitative estimate of drug-likeness (QED) is 0.800. The van der Waals surface area contributed by atoms with Gasteiger partial charge in [0.25, 0.3) is 0 Å². The summed E-state index contributed by atoms with van der Waals surface area (Å²) in [5.74, 6) is 1.09. The van der Waals surface area contributed by atoms with Gasteiger partial charge in [-0.3, -0.25) is 4.99 Å². The van der Waals surface area contributed by atoms with Crippen LogP contribution >= 0.6 is 43.6 Å². The van der Waals surface area contributed by atoms with Crippen LogP contribution in [0.3, 0.4) is 0 Å². The topological polar surface area (TPSA) is 12.4 Å². The second-order valence-electron chi connectivity index (χ2n) is 3.14. The second-order valence-corrected chi connectivity index (χ2v) is 6.28. The molecule has 0 aromatic heterocycles. The summed E-state index contributed by atoms with van der Waals surface area (Å²) in [6.07, 6.45) is 1.02. The van der Waals surface area contributed by atoms with E-state index in [1.807, 2.05) is 6.07 Å². The molecule has 0 saturated carbocycles. The summed E-state index contributed by atoms with van der Waals surface area (Å²) in [4.78, 5) is 4.50. The number of thioether (sulfide) groups is 1. The fourth-order valence-corrected chi connectivity index (χ4v) is 3.28. The molecule has 0 amide bonds. The summed E-state index contributed by atoms with van der Waals surface area (Å²) in [5, 5.41) is 0. The molecule has 1 aliphatic heterocycles. The summed E-state index contributed by atoms with van der Waals surface area (Å²) < 4.78 is 2.22. The fourth-order valence-electron chi connectivity index (χ4n) is 1.41. The van der Waals surface area contributed by atoms with Crippen molar-refractivity contribution in [3.63, 3.8) is 0 Å². The van der Waals surface area contributed by atoms with Gasteiger partial charge in [0.1, 0.15) is 3.95 Å². The Morgan fingerprint density at radius 3 is 2.79 bits per heavy atom. The van der Waals surface area contributed by atoms with Gasteiger partial charge in [0.15, 0.2) is 0 Å². The van der Waals surface area contributed by atoms with E-state index in [-0.39, 0.29) is 0 Å². The van der Waals surface area contributed by atoms with Crippen LogP contribution in [0.2, 0.25) is 0 Å². The smallest absolute Gasteiger partial charge is 0.134 e. The van der Waals surface area contributed by atoms with Crippen molar-refractivity contribution in [1.82, 2.24) is 0 Å². The highest BCUT2D eigenvalue weighted by atomic mass is 79.9. The number of rotatable bonds is 2. The molecular weight excluding hydrogens is 326 g/mol. The van der Waals surface area contributed by atoms with Crippen molar-refractivity contribution in [2.45, 2.75) is 12.5 Å². The van der Waals surface area contributed by atoms with Crippen LogP contribution in [0.4, 0.5) is 0 Å². The van der Waals surface area contributed by atoms with Crippen molar-refractivity contribution in [2.24, 2.45) is 4.99 Å². The summed E-state index contributed by atoms with van der Waals surface area (Å²) >= 11 is 8.75. The number of halogens is 2. The zero-order valence-corrected chi connectivity index (χ0v) is 11.4. The molecule has 0 aliphatic carbocycles. The largest absolute Gasteiger partial charge is 0.267 e. The maximum absolute atomic E-state index is 4.50. The lowest BCUT2D eigenvalue weighted by atomic mass is 10.1. The molecule has 2 rings (SSSR count). The summed E-state index contributed by atoms with van der Waals surface area (Å²) in [7, 11) is 0. The van der Waals surface area contributed by atoms with Crippen molar-refractivity contribution in [1.29, 1.82) is 0 Å². The average molecular weight is 335 g/mol. The normalized spacial score (nSPS) is 21.0. The van der Waals surface area contributed by atoms with Gasteiger partial charge in [-0.15, -0.1) is 0 Å². The predicted molar refractivity (Wildman–Crippen MR) is 70.5 cm³/mol. The number of nitrogens with zero attached hydrogens (tertiary/aromatic N) is 1. The first-order chi connectivity index (χ1) is 6.75. The summed E-state index contributed by atoms with van der Waals surface area (Å²) in [6.45, 7) is 0. The van der Waals surface area contributed by atoms with Gasteiger partial charge in [0, 0.05) is 10.2 Å². The summed E-state index contributed by atoms with van der Waals surface area (Å²) in [5.41, 5.74) is 1.34. The number of hydrogen-bond acceptors (Lipinski definition) is 2. The standard InChI is InChI=1S/C10H9Br2NS/c11-9-4-2-1-3-7(9)5-8-6-14-10(12)13-8/h1-4,8H,5-6H2. The van der Waals surface area contributed by atoms with E-state index in [1.165, 1.54) is 10.0 Å². The monoisotopic (exact) mass is 333 g/mol. The van der Waals surface area contributed by atoms with Crippen LogP contribution in [-0.4, -0.2) is 15.7 Å². The number of hydrogen-bond donors (Lipinski definition) is 0. The third kappa shape index (κ3) is 2.61. The van der Waals surface area contributed by atoms with Gasteiger partial charge in [0.05, 0.1) is 6.04 Å². The molecule has 0 radical (unpaired) electrons.